The quantitative estimate of drug-likeness (QED) is 0.732. The molecule has 3 heterocycles. The van der Waals surface area contributed by atoms with Crippen LogP contribution in [0.5, 0.6) is 5.75 Å². The van der Waals surface area contributed by atoms with Crippen molar-refractivity contribution in [2.75, 3.05) is 13.2 Å². The van der Waals surface area contributed by atoms with Crippen molar-refractivity contribution in [3.05, 3.63) is 78.4 Å². The molecule has 0 aliphatic carbocycles. The molecule has 0 radical (unpaired) electrons. The fraction of sp³-hybridized carbons (Fsp3) is 0.190. The molecular weight excluding hydrogens is 326 g/mol. The zero-order valence-electron chi connectivity index (χ0n) is 14.3. The Kier molecular flexibility index (Phi) is 4.60. The molecule has 4 rings (SSSR count). The van der Waals surface area contributed by atoms with Crippen molar-refractivity contribution in [2.45, 2.75) is 13.0 Å². The molecule has 0 atom stereocenters. The maximum absolute atomic E-state index is 12.7. The molecule has 3 aromatic rings. The molecule has 0 bridgehead atoms. The molecular formula is C21H19N3O2. The van der Waals surface area contributed by atoms with E-state index in [-0.39, 0.29) is 5.91 Å². The van der Waals surface area contributed by atoms with Crippen LogP contribution >= 0.6 is 0 Å². The van der Waals surface area contributed by atoms with Gasteiger partial charge in [-0.3, -0.25) is 14.8 Å². The summed E-state index contributed by atoms with van der Waals surface area (Å²) in [7, 11) is 0. The highest BCUT2D eigenvalue weighted by Crippen LogP contribution is 2.29. The Hall–Kier alpha value is -3.21. The van der Waals surface area contributed by atoms with E-state index in [1.807, 2.05) is 41.3 Å². The summed E-state index contributed by atoms with van der Waals surface area (Å²) >= 11 is 0. The standard InChI is InChI=1S/C21H19N3O2/c25-21(12-16-2-1-7-23-14-16)24-10-11-26-20-4-3-18(13-19(20)15-24)17-5-8-22-9-6-17/h1-9,13-14H,10-12,15H2. The summed E-state index contributed by atoms with van der Waals surface area (Å²) in [5.74, 6) is 0.934. The predicted octanol–water partition coefficient (Wildman–Crippen LogP) is 3.11. The molecule has 26 heavy (non-hydrogen) atoms. The molecule has 1 amide bonds. The number of hydrogen-bond acceptors (Lipinski definition) is 4. The summed E-state index contributed by atoms with van der Waals surface area (Å²) in [4.78, 5) is 22.7. The van der Waals surface area contributed by atoms with Gasteiger partial charge in [-0.1, -0.05) is 12.1 Å². The van der Waals surface area contributed by atoms with Crippen molar-refractivity contribution in [1.82, 2.24) is 14.9 Å². The third-order valence-corrected chi connectivity index (χ3v) is 4.48. The van der Waals surface area contributed by atoms with Crippen molar-refractivity contribution < 1.29 is 9.53 Å². The first kappa shape index (κ1) is 16.3. The van der Waals surface area contributed by atoms with Crippen LogP contribution in [0.15, 0.2) is 67.3 Å². The zero-order valence-corrected chi connectivity index (χ0v) is 14.3. The fourth-order valence-corrected chi connectivity index (χ4v) is 3.12. The van der Waals surface area contributed by atoms with E-state index >= 15 is 0 Å². The number of rotatable bonds is 3. The van der Waals surface area contributed by atoms with E-state index in [0.29, 0.717) is 26.1 Å². The van der Waals surface area contributed by atoms with Gasteiger partial charge in [0.25, 0.3) is 0 Å². The van der Waals surface area contributed by atoms with Crippen LogP contribution in [0.3, 0.4) is 0 Å². The molecule has 5 heteroatoms. The van der Waals surface area contributed by atoms with Crippen LogP contribution in [0.4, 0.5) is 0 Å². The van der Waals surface area contributed by atoms with E-state index in [1.54, 1.807) is 24.8 Å². The number of carbonyl (C=O) groups excluding carboxylic acids is 1. The van der Waals surface area contributed by atoms with E-state index < -0.39 is 0 Å². The first-order valence-corrected chi connectivity index (χ1v) is 8.62. The van der Waals surface area contributed by atoms with Crippen LogP contribution < -0.4 is 4.74 Å². The molecule has 0 spiro atoms. The molecule has 2 aromatic heterocycles. The van der Waals surface area contributed by atoms with E-state index in [2.05, 4.69) is 16.0 Å². The van der Waals surface area contributed by atoms with Crippen LogP contribution in [0.25, 0.3) is 11.1 Å². The number of amides is 1. The molecule has 0 fully saturated rings. The van der Waals surface area contributed by atoms with E-state index in [1.165, 1.54) is 0 Å². The first-order chi connectivity index (χ1) is 12.8. The van der Waals surface area contributed by atoms with E-state index in [4.69, 9.17) is 4.74 Å². The van der Waals surface area contributed by atoms with Gasteiger partial charge < -0.3 is 9.64 Å². The van der Waals surface area contributed by atoms with Gasteiger partial charge in [0.15, 0.2) is 0 Å². The number of pyridine rings is 2. The molecule has 1 aliphatic heterocycles. The van der Waals surface area contributed by atoms with Crippen LogP contribution in [-0.4, -0.2) is 33.9 Å². The second kappa shape index (κ2) is 7.35. The van der Waals surface area contributed by atoms with Gasteiger partial charge in [-0.15, -0.1) is 0 Å². The van der Waals surface area contributed by atoms with Gasteiger partial charge in [-0.25, -0.2) is 0 Å². The van der Waals surface area contributed by atoms with Gasteiger partial charge in [0, 0.05) is 36.9 Å². The second-order valence-corrected chi connectivity index (χ2v) is 6.26. The summed E-state index contributed by atoms with van der Waals surface area (Å²) in [5, 5.41) is 0. The third kappa shape index (κ3) is 3.57. The van der Waals surface area contributed by atoms with Gasteiger partial charge >= 0.3 is 0 Å². The zero-order chi connectivity index (χ0) is 17.8. The number of nitrogens with zero attached hydrogens (tertiary/aromatic N) is 3. The Morgan fingerprint density at radius 1 is 1.04 bits per heavy atom. The highest BCUT2D eigenvalue weighted by Gasteiger charge is 2.20. The highest BCUT2D eigenvalue weighted by atomic mass is 16.5. The minimum atomic E-state index is 0.0868. The Morgan fingerprint density at radius 3 is 2.73 bits per heavy atom. The van der Waals surface area contributed by atoms with Crippen molar-refractivity contribution in [3.63, 3.8) is 0 Å². The van der Waals surface area contributed by atoms with E-state index in [0.717, 1.165) is 28.0 Å². The lowest BCUT2D eigenvalue weighted by molar-refractivity contribution is -0.131. The lowest BCUT2D eigenvalue weighted by atomic mass is 10.0. The fourth-order valence-electron chi connectivity index (χ4n) is 3.12. The molecule has 0 N–H and O–H groups in total. The van der Waals surface area contributed by atoms with E-state index in [9.17, 15) is 4.79 Å². The second-order valence-electron chi connectivity index (χ2n) is 6.26. The topological polar surface area (TPSA) is 55.3 Å². The molecule has 0 saturated heterocycles. The number of aromatic nitrogens is 2. The first-order valence-electron chi connectivity index (χ1n) is 8.62. The summed E-state index contributed by atoms with van der Waals surface area (Å²) in [6.07, 6.45) is 7.36. The van der Waals surface area contributed by atoms with Crippen LogP contribution in [-0.2, 0) is 17.8 Å². The van der Waals surface area contributed by atoms with Gasteiger partial charge in [-0.2, -0.15) is 0 Å². The van der Waals surface area contributed by atoms with Crippen molar-refractivity contribution in [2.24, 2.45) is 0 Å². The maximum atomic E-state index is 12.7. The number of benzene rings is 1. The molecule has 5 nitrogen and oxygen atoms in total. The minimum absolute atomic E-state index is 0.0868. The normalized spacial score (nSPS) is 13.5. The number of hydrogen-bond donors (Lipinski definition) is 0. The maximum Gasteiger partial charge on any atom is 0.227 e. The van der Waals surface area contributed by atoms with Crippen molar-refractivity contribution in [1.29, 1.82) is 0 Å². The Labute approximate surface area is 152 Å². The van der Waals surface area contributed by atoms with Crippen LogP contribution in [0.1, 0.15) is 11.1 Å². The van der Waals surface area contributed by atoms with Crippen LogP contribution in [0, 0.1) is 0 Å². The molecule has 0 unspecified atom stereocenters. The summed E-state index contributed by atoms with van der Waals surface area (Å²) in [5.41, 5.74) is 4.14. The van der Waals surface area contributed by atoms with Crippen molar-refractivity contribution in [3.8, 4) is 16.9 Å². The van der Waals surface area contributed by atoms with Gasteiger partial charge in [0.2, 0.25) is 5.91 Å². The van der Waals surface area contributed by atoms with Gasteiger partial charge in [0.05, 0.1) is 13.0 Å². The summed E-state index contributed by atoms with van der Waals surface area (Å²) < 4.78 is 5.85. The lowest BCUT2D eigenvalue weighted by Crippen LogP contribution is -2.33. The highest BCUT2D eigenvalue weighted by molar-refractivity contribution is 5.79. The Balaban J connectivity index is 1.56. The SMILES string of the molecule is O=C(Cc1cccnc1)N1CCOc2ccc(-c3ccncc3)cc2C1. The average Bonchev–Trinajstić information content (AvgIpc) is 2.91. The largest absolute Gasteiger partial charge is 0.491 e. The Bertz CT molecular complexity index is 898. The molecule has 1 aliphatic rings. The molecule has 0 saturated carbocycles. The monoisotopic (exact) mass is 345 g/mol. The number of carbonyl (C=O) groups is 1. The predicted molar refractivity (Wildman–Crippen MR) is 98.5 cm³/mol. The van der Waals surface area contributed by atoms with Gasteiger partial charge in [-0.05, 0) is 47.0 Å². The van der Waals surface area contributed by atoms with Crippen molar-refractivity contribution >= 4 is 5.91 Å². The Morgan fingerprint density at radius 2 is 1.92 bits per heavy atom. The van der Waals surface area contributed by atoms with Gasteiger partial charge in [0.1, 0.15) is 12.4 Å². The average molecular weight is 345 g/mol. The molecule has 1 aromatic carbocycles. The molecule has 130 valence electrons. The van der Waals surface area contributed by atoms with Crippen LogP contribution in [0.2, 0.25) is 0 Å². The minimum Gasteiger partial charge on any atom is -0.491 e. The summed E-state index contributed by atoms with van der Waals surface area (Å²) in [6, 6.07) is 13.9. The number of fused-ring (bicyclic) bond motifs is 1. The third-order valence-electron chi connectivity index (χ3n) is 4.48. The summed E-state index contributed by atoms with van der Waals surface area (Å²) in [6.45, 7) is 1.63. The number of ether oxygens (including phenoxy) is 1. The lowest BCUT2D eigenvalue weighted by Gasteiger charge is -2.20. The smallest absolute Gasteiger partial charge is 0.227 e.